The lowest BCUT2D eigenvalue weighted by Crippen LogP contribution is -2.29. The Bertz CT molecular complexity index is 617. The number of hydrogen-bond acceptors (Lipinski definition) is 2. The Balaban J connectivity index is 1.40. The molecule has 2 nitrogen and oxygen atoms in total. The number of cyclic esters (lactones) is 1. The van der Waals surface area contributed by atoms with Gasteiger partial charge < -0.3 is 4.74 Å². The summed E-state index contributed by atoms with van der Waals surface area (Å²) < 4.78 is 19.7. The Morgan fingerprint density at radius 2 is 1.69 bits per heavy atom. The maximum atomic E-state index is 14.1. The van der Waals surface area contributed by atoms with Gasteiger partial charge in [0.05, 0.1) is 5.56 Å². The smallest absolute Gasteiger partial charge is 0.341 e. The predicted molar refractivity (Wildman–Crippen MR) is 103 cm³/mol. The highest BCUT2D eigenvalue weighted by Crippen LogP contribution is 2.34. The first-order chi connectivity index (χ1) is 12.6. The molecule has 3 heteroatoms. The maximum absolute atomic E-state index is 14.1. The second-order valence-corrected chi connectivity index (χ2v) is 8.42. The summed E-state index contributed by atoms with van der Waals surface area (Å²) >= 11 is 0. The molecule has 0 amide bonds. The number of benzene rings is 1. The van der Waals surface area contributed by atoms with E-state index in [2.05, 4.69) is 6.92 Å². The highest BCUT2D eigenvalue weighted by molar-refractivity contribution is 5.92. The number of hydrogen-bond donors (Lipinski definition) is 0. The Hall–Kier alpha value is -1.38. The molecule has 0 aromatic heterocycles. The molecule has 144 valence electrons. The van der Waals surface area contributed by atoms with E-state index >= 15 is 0 Å². The Kier molecular flexibility index (Phi) is 6.72. The van der Waals surface area contributed by atoms with Crippen LogP contribution in [-0.2, 0) is 11.2 Å². The summed E-state index contributed by atoms with van der Waals surface area (Å²) in [6.07, 6.45) is 13.4. The van der Waals surface area contributed by atoms with E-state index in [9.17, 15) is 9.18 Å². The lowest BCUT2D eigenvalue weighted by Gasteiger charge is -2.28. The van der Waals surface area contributed by atoms with Crippen molar-refractivity contribution in [1.82, 2.24) is 0 Å². The number of esters is 1. The zero-order chi connectivity index (χ0) is 18.5. The molecule has 26 heavy (non-hydrogen) atoms. The van der Waals surface area contributed by atoms with E-state index in [-0.39, 0.29) is 11.7 Å². The molecule has 1 unspecified atom stereocenters. The number of carbonyl (C=O) groups is 1. The third-order valence-corrected chi connectivity index (χ3v) is 6.40. The molecule has 0 bridgehead atoms. The molecule has 0 N–H and O–H groups in total. The topological polar surface area (TPSA) is 26.3 Å². The summed E-state index contributed by atoms with van der Waals surface area (Å²) in [5.41, 5.74) is 1.47. The zero-order valence-corrected chi connectivity index (χ0v) is 16.4. The largest absolute Gasteiger partial charge is 0.458 e. The second kappa shape index (κ2) is 9.01. The quantitative estimate of drug-likeness (QED) is 0.416. The van der Waals surface area contributed by atoms with Gasteiger partial charge in [-0.05, 0) is 42.7 Å². The molecule has 1 aliphatic carbocycles. The second-order valence-electron chi connectivity index (χ2n) is 8.42. The molecule has 1 atom stereocenters. The van der Waals surface area contributed by atoms with Crippen LogP contribution in [0.5, 0.6) is 0 Å². The van der Waals surface area contributed by atoms with Crippen LogP contribution in [0.1, 0.15) is 92.6 Å². The van der Waals surface area contributed by atoms with Gasteiger partial charge in [0.1, 0.15) is 11.9 Å². The van der Waals surface area contributed by atoms with Crippen LogP contribution in [0.2, 0.25) is 0 Å². The predicted octanol–water partition coefficient (Wildman–Crippen LogP) is 6.38. The van der Waals surface area contributed by atoms with Crippen LogP contribution >= 0.6 is 0 Å². The van der Waals surface area contributed by atoms with Crippen molar-refractivity contribution >= 4 is 5.97 Å². The van der Waals surface area contributed by atoms with Crippen LogP contribution in [0.15, 0.2) is 12.1 Å². The molecule has 3 rings (SSSR count). The highest BCUT2D eigenvalue weighted by atomic mass is 19.1. The van der Waals surface area contributed by atoms with Crippen molar-refractivity contribution in [1.29, 1.82) is 0 Å². The summed E-state index contributed by atoms with van der Waals surface area (Å²) in [4.78, 5) is 12.2. The molecule has 1 fully saturated rings. The van der Waals surface area contributed by atoms with E-state index in [0.717, 1.165) is 30.2 Å². The zero-order valence-electron chi connectivity index (χ0n) is 16.4. The number of unbranched alkanes of at least 4 members (excludes halogenated alkanes) is 1. The minimum atomic E-state index is -0.480. The third kappa shape index (κ3) is 4.66. The van der Waals surface area contributed by atoms with Crippen LogP contribution in [0.4, 0.5) is 4.39 Å². The van der Waals surface area contributed by atoms with Crippen molar-refractivity contribution in [3.05, 3.63) is 34.6 Å². The molecule has 2 aliphatic rings. The molecule has 0 saturated heterocycles. The Morgan fingerprint density at radius 3 is 2.38 bits per heavy atom. The molecular formula is C23H33FO2. The first-order valence-electron chi connectivity index (χ1n) is 10.6. The number of aryl methyl sites for hydroxylation is 1. The summed E-state index contributed by atoms with van der Waals surface area (Å²) in [6, 6.07) is 3.65. The normalized spacial score (nSPS) is 25.7. The molecule has 1 aromatic carbocycles. The number of halogens is 1. The standard InChI is InChI=1S/C23H33FO2/c1-3-6-17-10-12-18(13-11-17)7-4-5-8-20-15-19-14-9-16(2)22(24)21(19)23(25)26-20/h9,14,17-18,20H,3-8,10-13,15H2,1-2H3. The van der Waals surface area contributed by atoms with Crippen molar-refractivity contribution in [2.75, 3.05) is 0 Å². The monoisotopic (exact) mass is 360 g/mol. The number of ether oxygens (including phenoxy) is 1. The van der Waals surface area contributed by atoms with E-state index in [1.54, 1.807) is 13.0 Å². The molecule has 0 spiro atoms. The van der Waals surface area contributed by atoms with Gasteiger partial charge in [0.2, 0.25) is 0 Å². The average Bonchev–Trinajstić information content (AvgIpc) is 2.63. The third-order valence-electron chi connectivity index (χ3n) is 6.40. The van der Waals surface area contributed by atoms with Gasteiger partial charge in [-0.1, -0.05) is 70.4 Å². The number of rotatable bonds is 7. The summed E-state index contributed by atoms with van der Waals surface area (Å²) in [7, 11) is 0. The van der Waals surface area contributed by atoms with Crippen LogP contribution in [0, 0.1) is 24.6 Å². The highest BCUT2D eigenvalue weighted by Gasteiger charge is 2.29. The van der Waals surface area contributed by atoms with E-state index in [4.69, 9.17) is 4.74 Å². The van der Waals surface area contributed by atoms with Crippen LogP contribution in [0.3, 0.4) is 0 Å². The SMILES string of the molecule is CCCC1CCC(CCCCC2Cc3ccc(C)c(F)c3C(=O)O2)CC1. The van der Waals surface area contributed by atoms with Gasteiger partial charge in [0, 0.05) is 6.42 Å². The van der Waals surface area contributed by atoms with Crippen molar-refractivity contribution in [3.8, 4) is 0 Å². The van der Waals surface area contributed by atoms with Gasteiger partial charge in [-0.25, -0.2) is 9.18 Å². The lowest BCUT2D eigenvalue weighted by atomic mass is 9.78. The molecule has 1 aromatic rings. The van der Waals surface area contributed by atoms with Crippen LogP contribution in [0.25, 0.3) is 0 Å². The van der Waals surface area contributed by atoms with Crippen LogP contribution < -0.4 is 0 Å². The molecular weight excluding hydrogens is 327 g/mol. The molecule has 1 aliphatic heterocycles. The van der Waals surface area contributed by atoms with Gasteiger partial charge in [-0.2, -0.15) is 0 Å². The fourth-order valence-corrected chi connectivity index (χ4v) is 4.79. The maximum Gasteiger partial charge on any atom is 0.341 e. The fourth-order valence-electron chi connectivity index (χ4n) is 4.79. The van der Waals surface area contributed by atoms with Crippen molar-refractivity contribution < 1.29 is 13.9 Å². The van der Waals surface area contributed by atoms with Crippen LogP contribution in [-0.4, -0.2) is 12.1 Å². The summed E-state index contributed by atoms with van der Waals surface area (Å²) in [5.74, 6) is 0.980. The molecule has 1 heterocycles. The number of carbonyl (C=O) groups excluding carboxylic acids is 1. The summed E-state index contributed by atoms with van der Waals surface area (Å²) in [5, 5.41) is 0. The number of fused-ring (bicyclic) bond motifs is 1. The van der Waals surface area contributed by atoms with Gasteiger partial charge in [0.15, 0.2) is 0 Å². The lowest BCUT2D eigenvalue weighted by molar-refractivity contribution is 0.0223. The van der Waals surface area contributed by atoms with E-state index in [1.165, 1.54) is 51.4 Å². The average molecular weight is 361 g/mol. The van der Waals surface area contributed by atoms with Gasteiger partial charge in [-0.3, -0.25) is 0 Å². The Labute approximate surface area is 157 Å². The van der Waals surface area contributed by atoms with Crippen molar-refractivity contribution in [2.24, 2.45) is 11.8 Å². The Morgan fingerprint density at radius 1 is 1.04 bits per heavy atom. The van der Waals surface area contributed by atoms with Gasteiger partial charge in [-0.15, -0.1) is 0 Å². The minimum absolute atomic E-state index is 0.0857. The van der Waals surface area contributed by atoms with E-state index in [1.807, 2.05) is 6.07 Å². The minimum Gasteiger partial charge on any atom is -0.458 e. The van der Waals surface area contributed by atoms with Gasteiger partial charge >= 0.3 is 5.97 Å². The first-order valence-corrected chi connectivity index (χ1v) is 10.6. The van der Waals surface area contributed by atoms with Gasteiger partial charge in [0.25, 0.3) is 0 Å². The first kappa shape index (κ1) is 19.4. The molecule has 1 saturated carbocycles. The van der Waals surface area contributed by atoms with E-state index < -0.39 is 11.8 Å². The van der Waals surface area contributed by atoms with Crippen molar-refractivity contribution in [3.63, 3.8) is 0 Å². The fraction of sp³-hybridized carbons (Fsp3) is 0.696. The molecule has 0 radical (unpaired) electrons. The summed E-state index contributed by atoms with van der Waals surface area (Å²) in [6.45, 7) is 3.98. The van der Waals surface area contributed by atoms with E-state index in [0.29, 0.717) is 12.0 Å². The van der Waals surface area contributed by atoms with Crippen molar-refractivity contribution in [2.45, 2.75) is 90.6 Å².